The van der Waals surface area contributed by atoms with Gasteiger partial charge >= 0.3 is 11.6 Å². The number of benzene rings is 2. The van der Waals surface area contributed by atoms with Crippen molar-refractivity contribution in [1.82, 2.24) is 0 Å². The Morgan fingerprint density at radius 2 is 1.81 bits per heavy atom. The summed E-state index contributed by atoms with van der Waals surface area (Å²) >= 11 is 0. The maximum atomic E-state index is 12.8. The molecule has 1 atom stereocenters. The van der Waals surface area contributed by atoms with Gasteiger partial charge in [-0.1, -0.05) is 42.5 Å². The molecule has 136 valence electrons. The van der Waals surface area contributed by atoms with Crippen LogP contribution in [-0.2, 0) is 9.53 Å². The number of para-hydroxylation sites is 1. The molecule has 0 saturated carbocycles. The summed E-state index contributed by atoms with van der Waals surface area (Å²) in [4.78, 5) is 25.4. The monoisotopic (exact) mass is 363 g/mol. The van der Waals surface area contributed by atoms with Gasteiger partial charge in [0, 0.05) is 0 Å². The Labute approximate surface area is 154 Å². The fourth-order valence-corrected chi connectivity index (χ4v) is 3.35. The lowest BCUT2D eigenvalue weighted by Crippen LogP contribution is -2.31. The van der Waals surface area contributed by atoms with E-state index in [2.05, 4.69) is 0 Å². The van der Waals surface area contributed by atoms with Crippen molar-refractivity contribution in [3.05, 3.63) is 87.6 Å². The zero-order valence-electron chi connectivity index (χ0n) is 14.6. The Balaban J connectivity index is 2.04. The largest absolute Gasteiger partial charge is 0.462 e. The van der Waals surface area contributed by atoms with E-state index in [1.54, 1.807) is 25.1 Å². The smallest absolute Gasteiger partial charge is 0.344 e. The number of fused-ring (bicyclic) bond motifs is 3. The molecule has 27 heavy (non-hydrogen) atoms. The van der Waals surface area contributed by atoms with Crippen LogP contribution >= 0.6 is 0 Å². The van der Waals surface area contributed by atoms with E-state index in [1.807, 2.05) is 36.4 Å². The zero-order valence-corrected chi connectivity index (χ0v) is 14.6. The molecule has 2 heterocycles. The van der Waals surface area contributed by atoms with Gasteiger partial charge in [-0.05, 0) is 24.6 Å². The fourth-order valence-electron chi connectivity index (χ4n) is 3.35. The lowest BCUT2D eigenvalue weighted by molar-refractivity contribution is -0.139. The van der Waals surface area contributed by atoms with E-state index in [4.69, 9.17) is 19.6 Å². The predicted octanol–water partition coefficient (Wildman–Crippen LogP) is 3.05. The van der Waals surface area contributed by atoms with Crippen molar-refractivity contribution in [3.63, 3.8) is 0 Å². The molecular formula is C21H17NO5. The highest BCUT2D eigenvalue weighted by Gasteiger charge is 2.39. The van der Waals surface area contributed by atoms with Crippen molar-refractivity contribution in [2.45, 2.75) is 12.8 Å². The van der Waals surface area contributed by atoms with Crippen LogP contribution in [0.1, 0.15) is 24.0 Å². The number of ether oxygens (including phenoxy) is 2. The first-order valence-corrected chi connectivity index (χ1v) is 8.57. The second kappa shape index (κ2) is 6.64. The Bertz CT molecular complexity index is 1110. The SMILES string of the molecule is CCOC(=O)C1=C(N)Oc2c(c(=O)oc3ccccc23)[C@H]1c1ccccc1. The second-order valence-corrected chi connectivity index (χ2v) is 6.07. The zero-order chi connectivity index (χ0) is 19.0. The van der Waals surface area contributed by atoms with E-state index >= 15 is 0 Å². The molecule has 0 saturated heterocycles. The number of carbonyl (C=O) groups excluding carboxylic acids is 1. The summed E-state index contributed by atoms with van der Waals surface area (Å²) in [6.45, 7) is 1.88. The van der Waals surface area contributed by atoms with Gasteiger partial charge in [-0.2, -0.15) is 0 Å². The minimum absolute atomic E-state index is 0.0782. The van der Waals surface area contributed by atoms with Gasteiger partial charge < -0.3 is 19.6 Å². The first-order valence-electron chi connectivity index (χ1n) is 8.57. The van der Waals surface area contributed by atoms with Crippen LogP contribution in [0.25, 0.3) is 11.0 Å². The van der Waals surface area contributed by atoms with Crippen LogP contribution in [0.5, 0.6) is 5.75 Å². The minimum Gasteiger partial charge on any atom is -0.462 e. The van der Waals surface area contributed by atoms with Gasteiger partial charge in [0.25, 0.3) is 0 Å². The van der Waals surface area contributed by atoms with Crippen molar-refractivity contribution < 1.29 is 18.7 Å². The molecule has 6 nitrogen and oxygen atoms in total. The maximum Gasteiger partial charge on any atom is 0.344 e. The summed E-state index contributed by atoms with van der Waals surface area (Å²) in [5.41, 5.74) is 6.98. The highest BCUT2D eigenvalue weighted by atomic mass is 16.5. The first-order chi connectivity index (χ1) is 13.1. The van der Waals surface area contributed by atoms with Crippen LogP contribution < -0.4 is 16.1 Å². The summed E-state index contributed by atoms with van der Waals surface area (Å²) in [5, 5.41) is 0.610. The van der Waals surface area contributed by atoms with E-state index in [0.29, 0.717) is 16.7 Å². The van der Waals surface area contributed by atoms with Gasteiger partial charge in [0.05, 0.1) is 23.5 Å². The molecule has 0 fully saturated rings. The second-order valence-electron chi connectivity index (χ2n) is 6.07. The summed E-state index contributed by atoms with van der Waals surface area (Å²) in [6, 6.07) is 16.2. The van der Waals surface area contributed by atoms with Crippen molar-refractivity contribution in [3.8, 4) is 5.75 Å². The number of rotatable bonds is 3. The van der Waals surface area contributed by atoms with Crippen molar-refractivity contribution in [1.29, 1.82) is 0 Å². The van der Waals surface area contributed by atoms with E-state index in [1.165, 1.54) is 0 Å². The van der Waals surface area contributed by atoms with Crippen molar-refractivity contribution >= 4 is 16.9 Å². The van der Waals surface area contributed by atoms with Crippen LogP contribution in [-0.4, -0.2) is 12.6 Å². The third kappa shape index (κ3) is 2.75. The minimum atomic E-state index is -0.741. The van der Waals surface area contributed by atoms with Crippen molar-refractivity contribution in [2.24, 2.45) is 5.73 Å². The number of esters is 1. The van der Waals surface area contributed by atoms with Crippen LogP contribution in [0.3, 0.4) is 0 Å². The highest BCUT2D eigenvalue weighted by Crippen LogP contribution is 2.43. The summed E-state index contributed by atoms with van der Waals surface area (Å²) in [7, 11) is 0. The van der Waals surface area contributed by atoms with E-state index < -0.39 is 17.5 Å². The topological polar surface area (TPSA) is 91.8 Å². The molecule has 1 aliphatic rings. The van der Waals surface area contributed by atoms with Gasteiger partial charge in [-0.15, -0.1) is 0 Å². The Morgan fingerprint density at radius 1 is 1.11 bits per heavy atom. The Kier molecular flexibility index (Phi) is 4.16. The third-order valence-corrected chi connectivity index (χ3v) is 4.48. The van der Waals surface area contributed by atoms with Gasteiger partial charge in [0.2, 0.25) is 5.88 Å². The van der Waals surface area contributed by atoms with Crippen molar-refractivity contribution in [2.75, 3.05) is 6.61 Å². The molecule has 6 heteroatoms. The quantitative estimate of drug-likeness (QED) is 0.568. The molecule has 2 aromatic carbocycles. The molecule has 0 radical (unpaired) electrons. The summed E-state index contributed by atoms with van der Waals surface area (Å²) in [6.07, 6.45) is 0. The molecule has 4 rings (SSSR count). The Hall–Kier alpha value is -3.54. The average Bonchev–Trinajstić information content (AvgIpc) is 2.68. The third-order valence-electron chi connectivity index (χ3n) is 4.48. The molecule has 1 aromatic heterocycles. The lowest BCUT2D eigenvalue weighted by atomic mass is 9.83. The molecule has 3 aromatic rings. The molecule has 0 bridgehead atoms. The number of nitrogens with two attached hydrogens (primary N) is 1. The number of hydrogen-bond donors (Lipinski definition) is 1. The average molecular weight is 363 g/mol. The molecule has 0 unspecified atom stereocenters. The van der Waals surface area contributed by atoms with E-state index in [-0.39, 0.29) is 23.6 Å². The molecule has 0 aliphatic carbocycles. The Morgan fingerprint density at radius 3 is 2.56 bits per heavy atom. The lowest BCUT2D eigenvalue weighted by Gasteiger charge is -2.27. The standard InChI is InChI=1S/C21H17NO5/c1-2-25-20(23)17-15(12-8-4-3-5-9-12)16-18(27-19(17)22)13-10-6-7-11-14(13)26-21(16)24/h3-11,15H,2,22H2,1H3/t15-/m1/s1. The summed E-state index contributed by atoms with van der Waals surface area (Å²) in [5.74, 6) is -1.14. The fraction of sp³-hybridized carbons (Fsp3) is 0.143. The van der Waals surface area contributed by atoms with Gasteiger partial charge in [0.1, 0.15) is 11.2 Å². The van der Waals surface area contributed by atoms with E-state index in [0.717, 1.165) is 5.56 Å². The maximum absolute atomic E-state index is 12.8. The van der Waals surface area contributed by atoms with Gasteiger partial charge in [-0.3, -0.25) is 0 Å². The molecule has 1 aliphatic heterocycles. The number of hydrogen-bond acceptors (Lipinski definition) is 6. The van der Waals surface area contributed by atoms with Gasteiger partial charge in [0.15, 0.2) is 5.75 Å². The normalized spacial score (nSPS) is 16.0. The molecule has 0 amide bonds. The van der Waals surface area contributed by atoms with Crippen LogP contribution in [0, 0.1) is 0 Å². The molecule has 0 spiro atoms. The molecular weight excluding hydrogens is 346 g/mol. The predicted molar refractivity (Wildman–Crippen MR) is 99.2 cm³/mol. The van der Waals surface area contributed by atoms with Crippen LogP contribution in [0.15, 0.2) is 75.3 Å². The van der Waals surface area contributed by atoms with E-state index in [9.17, 15) is 9.59 Å². The molecule has 2 N–H and O–H groups in total. The summed E-state index contributed by atoms with van der Waals surface area (Å²) < 4.78 is 16.4. The highest BCUT2D eigenvalue weighted by molar-refractivity contribution is 5.94. The van der Waals surface area contributed by atoms with Crippen LogP contribution in [0.4, 0.5) is 0 Å². The first kappa shape index (κ1) is 16.9. The van der Waals surface area contributed by atoms with Crippen LogP contribution in [0.2, 0.25) is 0 Å². The van der Waals surface area contributed by atoms with Gasteiger partial charge in [-0.25, -0.2) is 9.59 Å². The number of carbonyl (C=O) groups is 1.